The van der Waals surface area contributed by atoms with E-state index in [1.807, 2.05) is 19.1 Å². The summed E-state index contributed by atoms with van der Waals surface area (Å²) in [5.41, 5.74) is 1.36. The van der Waals surface area contributed by atoms with Gasteiger partial charge >= 0.3 is 0 Å². The Balaban J connectivity index is 2.11. The van der Waals surface area contributed by atoms with Gasteiger partial charge in [-0.25, -0.2) is 4.98 Å². The first kappa shape index (κ1) is 12.5. The third kappa shape index (κ3) is 2.84. The molecule has 18 heavy (non-hydrogen) atoms. The summed E-state index contributed by atoms with van der Waals surface area (Å²) in [6.07, 6.45) is 4.93. The number of amides is 1. The van der Waals surface area contributed by atoms with Crippen molar-refractivity contribution in [3.63, 3.8) is 0 Å². The molecule has 0 saturated heterocycles. The standard InChI is InChI=1S/C13H12ClN3O/c1-9(10-4-7-15-8-5-10)17-13(18)11-3-2-6-16-12(11)14/h2-9H,1H3,(H,17,18)/t9-/m1/s1. The van der Waals surface area contributed by atoms with Crippen molar-refractivity contribution in [2.75, 3.05) is 0 Å². The molecule has 0 fully saturated rings. The molecule has 0 spiro atoms. The number of halogens is 1. The van der Waals surface area contributed by atoms with Gasteiger partial charge in [0, 0.05) is 18.6 Å². The minimum absolute atomic E-state index is 0.114. The van der Waals surface area contributed by atoms with Gasteiger partial charge in [0.1, 0.15) is 5.15 Å². The average molecular weight is 262 g/mol. The predicted octanol–water partition coefficient (Wildman–Crippen LogP) is 2.62. The number of nitrogens with one attached hydrogen (secondary N) is 1. The SMILES string of the molecule is C[C@@H](NC(=O)c1cccnc1Cl)c1ccncc1. The van der Waals surface area contributed by atoms with Crippen molar-refractivity contribution in [1.29, 1.82) is 0 Å². The van der Waals surface area contributed by atoms with Crippen LogP contribution in [0.5, 0.6) is 0 Å². The molecular weight excluding hydrogens is 250 g/mol. The van der Waals surface area contributed by atoms with Crippen molar-refractivity contribution in [3.8, 4) is 0 Å². The van der Waals surface area contributed by atoms with E-state index in [0.717, 1.165) is 5.56 Å². The second kappa shape index (κ2) is 5.60. The fourth-order valence-corrected chi connectivity index (χ4v) is 1.77. The van der Waals surface area contributed by atoms with Gasteiger partial charge < -0.3 is 5.32 Å². The summed E-state index contributed by atoms with van der Waals surface area (Å²) in [6, 6.07) is 6.92. The highest BCUT2D eigenvalue weighted by Gasteiger charge is 2.14. The highest BCUT2D eigenvalue weighted by molar-refractivity contribution is 6.32. The van der Waals surface area contributed by atoms with Gasteiger partial charge in [0.15, 0.2) is 0 Å². The fourth-order valence-electron chi connectivity index (χ4n) is 1.57. The summed E-state index contributed by atoms with van der Waals surface area (Å²) >= 11 is 5.87. The monoisotopic (exact) mass is 261 g/mol. The molecule has 0 bridgehead atoms. The first-order valence-corrected chi connectivity index (χ1v) is 5.87. The lowest BCUT2D eigenvalue weighted by atomic mass is 10.1. The molecule has 1 atom stereocenters. The number of pyridine rings is 2. The van der Waals surface area contributed by atoms with Gasteiger partial charge in [-0.1, -0.05) is 11.6 Å². The van der Waals surface area contributed by atoms with Crippen LogP contribution in [-0.4, -0.2) is 15.9 Å². The van der Waals surface area contributed by atoms with Gasteiger partial charge in [0.2, 0.25) is 0 Å². The van der Waals surface area contributed by atoms with Gasteiger partial charge in [-0.3, -0.25) is 9.78 Å². The van der Waals surface area contributed by atoms with Gasteiger partial charge in [-0.05, 0) is 36.8 Å². The summed E-state index contributed by atoms with van der Waals surface area (Å²) in [6.45, 7) is 1.90. The molecule has 0 aromatic carbocycles. The van der Waals surface area contributed by atoms with Crippen LogP contribution >= 0.6 is 11.6 Å². The Kier molecular flexibility index (Phi) is 3.89. The Morgan fingerprint density at radius 2 is 2.00 bits per heavy atom. The molecule has 92 valence electrons. The molecule has 0 aliphatic heterocycles. The van der Waals surface area contributed by atoms with Crippen molar-refractivity contribution in [3.05, 3.63) is 59.1 Å². The van der Waals surface area contributed by atoms with Crippen LogP contribution < -0.4 is 5.32 Å². The molecule has 0 unspecified atom stereocenters. The maximum atomic E-state index is 12.0. The van der Waals surface area contributed by atoms with Crippen molar-refractivity contribution < 1.29 is 4.79 Å². The van der Waals surface area contributed by atoms with E-state index < -0.39 is 0 Å². The molecule has 2 aromatic rings. The third-order valence-electron chi connectivity index (χ3n) is 2.56. The largest absolute Gasteiger partial charge is 0.345 e. The molecular formula is C13H12ClN3O. The number of carbonyl (C=O) groups excluding carboxylic acids is 1. The summed E-state index contributed by atoms with van der Waals surface area (Å²) < 4.78 is 0. The molecule has 1 N–H and O–H groups in total. The summed E-state index contributed by atoms with van der Waals surface area (Å²) in [4.78, 5) is 19.8. The van der Waals surface area contributed by atoms with Crippen molar-refractivity contribution in [2.45, 2.75) is 13.0 Å². The van der Waals surface area contributed by atoms with Crippen LogP contribution in [-0.2, 0) is 0 Å². The molecule has 2 heterocycles. The average Bonchev–Trinajstić information content (AvgIpc) is 2.40. The molecule has 0 saturated carbocycles. The van der Waals surface area contributed by atoms with Gasteiger partial charge in [0.25, 0.3) is 5.91 Å². The summed E-state index contributed by atoms with van der Waals surface area (Å²) in [7, 11) is 0. The van der Waals surface area contributed by atoms with Crippen LogP contribution in [0.2, 0.25) is 5.15 Å². The van der Waals surface area contributed by atoms with E-state index in [0.29, 0.717) is 5.56 Å². The molecule has 0 radical (unpaired) electrons. The fraction of sp³-hybridized carbons (Fsp3) is 0.154. The van der Waals surface area contributed by atoms with Crippen molar-refractivity contribution >= 4 is 17.5 Å². The Morgan fingerprint density at radius 3 is 2.67 bits per heavy atom. The topological polar surface area (TPSA) is 54.9 Å². The van der Waals surface area contributed by atoms with E-state index in [1.165, 1.54) is 0 Å². The normalized spacial score (nSPS) is 11.9. The van der Waals surface area contributed by atoms with E-state index in [-0.39, 0.29) is 17.1 Å². The zero-order chi connectivity index (χ0) is 13.0. The molecule has 1 amide bonds. The lowest BCUT2D eigenvalue weighted by Gasteiger charge is -2.14. The lowest BCUT2D eigenvalue weighted by Crippen LogP contribution is -2.27. The number of hydrogen-bond donors (Lipinski definition) is 1. The van der Waals surface area contributed by atoms with Crippen LogP contribution in [0.3, 0.4) is 0 Å². The van der Waals surface area contributed by atoms with Gasteiger partial charge in [-0.2, -0.15) is 0 Å². The molecule has 0 aliphatic rings. The van der Waals surface area contributed by atoms with Crippen LogP contribution in [0.4, 0.5) is 0 Å². The second-order valence-electron chi connectivity index (χ2n) is 3.82. The van der Waals surface area contributed by atoms with E-state index in [4.69, 9.17) is 11.6 Å². The highest BCUT2D eigenvalue weighted by atomic mass is 35.5. The lowest BCUT2D eigenvalue weighted by molar-refractivity contribution is 0.0939. The van der Waals surface area contributed by atoms with Crippen LogP contribution in [0.25, 0.3) is 0 Å². The van der Waals surface area contributed by atoms with Gasteiger partial charge in [0.05, 0.1) is 11.6 Å². The molecule has 0 aliphatic carbocycles. The number of nitrogens with zero attached hydrogens (tertiary/aromatic N) is 2. The Morgan fingerprint density at radius 1 is 1.28 bits per heavy atom. The van der Waals surface area contributed by atoms with E-state index in [2.05, 4.69) is 15.3 Å². The Hall–Kier alpha value is -1.94. The highest BCUT2D eigenvalue weighted by Crippen LogP contribution is 2.15. The minimum atomic E-state index is -0.239. The number of hydrogen-bond acceptors (Lipinski definition) is 3. The maximum absolute atomic E-state index is 12.0. The van der Waals surface area contributed by atoms with E-state index in [1.54, 1.807) is 30.7 Å². The van der Waals surface area contributed by atoms with Crippen LogP contribution in [0.15, 0.2) is 42.9 Å². The quantitative estimate of drug-likeness (QED) is 0.864. The van der Waals surface area contributed by atoms with E-state index in [9.17, 15) is 4.79 Å². The maximum Gasteiger partial charge on any atom is 0.254 e. The minimum Gasteiger partial charge on any atom is -0.345 e. The molecule has 4 nitrogen and oxygen atoms in total. The number of rotatable bonds is 3. The van der Waals surface area contributed by atoms with Crippen LogP contribution in [0, 0.1) is 0 Å². The van der Waals surface area contributed by atoms with Crippen molar-refractivity contribution in [2.24, 2.45) is 0 Å². The summed E-state index contributed by atoms with van der Waals surface area (Å²) in [5.74, 6) is -0.239. The molecule has 2 rings (SSSR count). The number of aromatic nitrogens is 2. The van der Waals surface area contributed by atoms with Gasteiger partial charge in [-0.15, -0.1) is 0 Å². The van der Waals surface area contributed by atoms with E-state index >= 15 is 0 Å². The molecule has 5 heteroatoms. The molecule has 2 aromatic heterocycles. The smallest absolute Gasteiger partial charge is 0.254 e. The zero-order valence-electron chi connectivity index (χ0n) is 9.80. The second-order valence-corrected chi connectivity index (χ2v) is 4.18. The third-order valence-corrected chi connectivity index (χ3v) is 2.86. The zero-order valence-corrected chi connectivity index (χ0v) is 10.6. The predicted molar refractivity (Wildman–Crippen MR) is 69.4 cm³/mol. The first-order valence-electron chi connectivity index (χ1n) is 5.50. The van der Waals surface area contributed by atoms with Crippen LogP contribution in [0.1, 0.15) is 28.9 Å². The van der Waals surface area contributed by atoms with Crippen molar-refractivity contribution in [1.82, 2.24) is 15.3 Å². The summed E-state index contributed by atoms with van der Waals surface area (Å²) in [5, 5.41) is 3.07. The first-order chi connectivity index (χ1) is 8.68. The Bertz CT molecular complexity index is 545. The Labute approximate surface area is 110 Å². The number of carbonyl (C=O) groups is 1.